The lowest BCUT2D eigenvalue weighted by Gasteiger charge is -2.14. The molecule has 2 rings (SSSR count). The predicted molar refractivity (Wildman–Crippen MR) is 77.9 cm³/mol. The molecule has 1 aromatic rings. The number of carbonyl (C=O) groups is 1. The van der Waals surface area contributed by atoms with Crippen molar-refractivity contribution in [1.82, 2.24) is 5.32 Å². The highest BCUT2D eigenvalue weighted by molar-refractivity contribution is 5.76. The fourth-order valence-electron chi connectivity index (χ4n) is 2.77. The Morgan fingerprint density at radius 3 is 2.53 bits per heavy atom. The summed E-state index contributed by atoms with van der Waals surface area (Å²) < 4.78 is 0. The molecular formula is C16H24N2O. The molecule has 0 radical (unpaired) electrons. The second-order valence-electron chi connectivity index (χ2n) is 5.66. The summed E-state index contributed by atoms with van der Waals surface area (Å²) in [6.45, 7) is 2.87. The summed E-state index contributed by atoms with van der Waals surface area (Å²) in [5.74, 6) is 0.721. The van der Waals surface area contributed by atoms with Crippen molar-refractivity contribution < 1.29 is 4.79 Å². The molecule has 0 spiro atoms. The lowest BCUT2D eigenvalue weighted by atomic mass is 10.0. The Labute approximate surface area is 115 Å². The van der Waals surface area contributed by atoms with Gasteiger partial charge in [-0.3, -0.25) is 4.79 Å². The molecule has 0 heterocycles. The summed E-state index contributed by atoms with van der Waals surface area (Å²) in [5, 5.41) is 3.15. The second kappa shape index (κ2) is 6.71. The lowest BCUT2D eigenvalue weighted by Crippen LogP contribution is -2.35. The topological polar surface area (TPSA) is 55.1 Å². The maximum Gasteiger partial charge on any atom is 0.220 e. The van der Waals surface area contributed by atoms with E-state index in [2.05, 4.69) is 36.5 Å². The van der Waals surface area contributed by atoms with Gasteiger partial charge in [-0.1, -0.05) is 31.2 Å². The normalized spacial score (nSPS) is 16.1. The molecule has 1 unspecified atom stereocenters. The van der Waals surface area contributed by atoms with Crippen LogP contribution in [0.4, 0.5) is 0 Å². The van der Waals surface area contributed by atoms with E-state index in [-0.39, 0.29) is 11.9 Å². The first-order valence-corrected chi connectivity index (χ1v) is 7.25. The number of hydrogen-bond donors (Lipinski definition) is 2. The molecule has 0 aromatic heterocycles. The van der Waals surface area contributed by atoms with E-state index in [9.17, 15) is 4.79 Å². The molecular weight excluding hydrogens is 236 g/mol. The maximum absolute atomic E-state index is 11.9. The molecule has 1 aliphatic rings. The standard InChI is InChI=1S/C16H24N2O/c1-12(8-9-17)6-7-16(19)18-15-10-13-4-2-3-5-14(13)11-15/h2-5,12,15H,6-11,17H2,1H3,(H,18,19). The maximum atomic E-state index is 11.9. The lowest BCUT2D eigenvalue weighted by molar-refractivity contribution is -0.122. The van der Waals surface area contributed by atoms with Gasteiger partial charge in [0.05, 0.1) is 0 Å². The van der Waals surface area contributed by atoms with Crippen molar-refractivity contribution in [2.75, 3.05) is 6.54 Å². The van der Waals surface area contributed by atoms with Crippen LogP contribution in [0.1, 0.15) is 37.3 Å². The van der Waals surface area contributed by atoms with Crippen LogP contribution in [-0.4, -0.2) is 18.5 Å². The quantitative estimate of drug-likeness (QED) is 0.822. The molecule has 0 aliphatic heterocycles. The number of carbonyl (C=O) groups excluding carboxylic acids is 1. The molecule has 0 bridgehead atoms. The van der Waals surface area contributed by atoms with Crippen LogP contribution in [-0.2, 0) is 17.6 Å². The van der Waals surface area contributed by atoms with E-state index < -0.39 is 0 Å². The van der Waals surface area contributed by atoms with Crippen molar-refractivity contribution in [2.24, 2.45) is 11.7 Å². The Hall–Kier alpha value is -1.35. The van der Waals surface area contributed by atoms with Gasteiger partial charge in [-0.15, -0.1) is 0 Å². The molecule has 104 valence electrons. The Bertz CT molecular complexity index is 406. The molecule has 1 atom stereocenters. The van der Waals surface area contributed by atoms with Crippen LogP contribution in [0.2, 0.25) is 0 Å². The van der Waals surface area contributed by atoms with Crippen LogP contribution < -0.4 is 11.1 Å². The van der Waals surface area contributed by atoms with Crippen molar-refractivity contribution in [3.8, 4) is 0 Å². The first kappa shape index (κ1) is 14.1. The van der Waals surface area contributed by atoms with Crippen LogP contribution in [0.3, 0.4) is 0 Å². The monoisotopic (exact) mass is 260 g/mol. The highest BCUT2D eigenvalue weighted by atomic mass is 16.1. The third-order valence-corrected chi connectivity index (χ3v) is 3.94. The first-order chi connectivity index (χ1) is 9.19. The molecule has 1 amide bonds. The molecule has 1 aliphatic carbocycles. The van der Waals surface area contributed by atoms with Gasteiger partial charge in [0.25, 0.3) is 0 Å². The summed E-state index contributed by atoms with van der Waals surface area (Å²) >= 11 is 0. The summed E-state index contributed by atoms with van der Waals surface area (Å²) in [7, 11) is 0. The van der Waals surface area contributed by atoms with Gasteiger partial charge in [-0.05, 0) is 49.3 Å². The SMILES string of the molecule is CC(CCN)CCC(=O)NC1Cc2ccccc2C1. The van der Waals surface area contributed by atoms with E-state index in [0.29, 0.717) is 18.9 Å². The molecule has 3 heteroatoms. The zero-order valence-electron chi connectivity index (χ0n) is 11.7. The minimum atomic E-state index is 0.182. The summed E-state index contributed by atoms with van der Waals surface area (Å²) in [6, 6.07) is 8.74. The van der Waals surface area contributed by atoms with Crippen molar-refractivity contribution in [3.63, 3.8) is 0 Å². The van der Waals surface area contributed by atoms with E-state index in [1.54, 1.807) is 0 Å². The summed E-state index contributed by atoms with van der Waals surface area (Å²) in [5.41, 5.74) is 8.27. The number of amides is 1. The van der Waals surface area contributed by atoms with E-state index in [0.717, 1.165) is 25.7 Å². The van der Waals surface area contributed by atoms with Crippen molar-refractivity contribution in [3.05, 3.63) is 35.4 Å². The average Bonchev–Trinajstić information content (AvgIpc) is 2.78. The largest absolute Gasteiger partial charge is 0.353 e. The number of nitrogens with one attached hydrogen (secondary N) is 1. The summed E-state index contributed by atoms with van der Waals surface area (Å²) in [4.78, 5) is 11.9. The Morgan fingerprint density at radius 2 is 1.95 bits per heavy atom. The summed E-state index contributed by atoms with van der Waals surface area (Å²) in [6.07, 6.45) is 4.50. The van der Waals surface area contributed by atoms with Gasteiger partial charge in [0.2, 0.25) is 5.91 Å². The third-order valence-electron chi connectivity index (χ3n) is 3.94. The number of nitrogens with two attached hydrogens (primary N) is 1. The first-order valence-electron chi connectivity index (χ1n) is 7.25. The zero-order valence-corrected chi connectivity index (χ0v) is 11.7. The van der Waals surface area contributed by atoms with E-state index >= 15 is 0 Å². The van der Waals surface area contributed by atoms with Crippen LogP contribution in [0.15, 0.2) is 24.3 Å². The zero-order chi connectivity index (χ0) is 13.7. The van der Waals surface area contributed by atoms with Gasteiger partial charge in [-0.2, -0.15) is 0 Å². The molecule has 1 aromatic carbocycles. The second-order valence-corrected chi connectivity index (χ2v) is 5.66. The predicted octanol–water partition coefficient (Wildman–Crippen LogP) is 2.04. The highest BCUT2D eigenvalue weighted by Crippen LogP contribution is 2.21. The smallest absolute Gasteiger partial charge is 0.220 e. The van der Waals surface area contributed by atoms with Gasteiger partial charge < -0.3 is 11.1 Å². The average molecular weight is 260 g/mol. The molecule has 3 N–H and O–H groups in total. The third kappa shape index (κ3) is 4.06. The van der Waals surface area contributed by atoms with Crippen LogP contribution in [0.25, 0.3) is 0 Å². The van der Waals surface area contributed by atoms with Gasteiger partial charge in [-0.25, -0.2) is 0 Å². The Kier molecular flexibility index (Phi) is 4.97. The number of hydrogen-bond acceptors (Lipinski definition) is 2. The van der Waals surface area contributed by atoms with Crippen LogP contribution >= 0.6 is 0 Å². The molecule has 0 saturated heterocycles. The van der Waals surface area contributed by atoms with E-state index in [1.165, 1.54) is 11.1 Å². The number of benzene rings is 1. The number of fused-ring (bicyclic) bond motifs is 1. The van der Waals surface area contributed by atoms with E-state index in [4.69, 9.17) is 5.73 Å². The molecule has 0 saturated carbocycles. The van der Waals surface area contributed by atoms with Gasteiger partial charge in [0.15, 0.2) is 0 Å². The fraction of sp³-hybridized carbons (Fsp3) is 0.562. The molecule has 0 fully saturated rings. The van der Waals surface area contributed by atoms with Crippen LogP contribution in [0, 0.1) is 5.92 Å². The minimum absolute atomic E-state index is 0.182. The van der Waals surface area contributed by atoms with Crippen molar-refractivity contribution in [2.45, 2.75) is 45.1 Å². The van der Waals surface area contributed by atoms with E-state index in [1.807, 2.05) is 0 Å². The highest BCUT2D eigenvalue weighted by Gasteiger charge is 2.22. The number of rotatable bonds is 6. The molecule has 3 nitrogen and oxygen atoms in total. The Balaban J connectivity index is 1.73. The molecule has 19 heavy (non-hydrogen) atoms. The van der Waals surface area contributed by atoms with Gasteiger partial charge >= 0.3 is 0 Å². The van der Waals surface area contributed by atoms with Crippen LogP contribution in [0.5, 0.6) is 0 Å². The van der Waals surface area contributed by atoms with Gasteiger partial charge in [0.1, 0.15) is 0 Å². The van der Waals surface area contributed by atoms with Crippen molar-refractivity contribution in [1.29, 1.82) is 0 Å². The Morgan fingerprint density at radius 1 is 1.32 bits per heavy atom. The van der Waals surface area contributed by atoms with Crippen molar-refractivity contribution >= 4 is 5.91 Å². The fourth-order valence-corrected chi connectivity index (χ4v) is 2.77. The minimum Gasteiger partial charge on any atom is -0.353 e. The van der Waals surface area contributed by atoms with Gasteiger partial charge in [0, 0.05) is 12.5 Å².